The molecule has 0 spiro atoms. The normalized spacial score (nSPS) is 16.3. The molecule has 0 radical (unpaired) electrons. The molecule has 0 saturated carbocycles. The highest BCUT2D eigenvalue weighted by Gasteiger charge is 2.78. The van der Waals surface area contributed by atoms with Crippen LogP contribution in [0.3, 0.4) is 0 Å². The first-order valence-electron chi connectivity index (χ1n) is 7.19. The molecule has 0 saturated heterocycles. The van der Waals surface area contributed by atoms with E-state index in [9.17, 15) is 70.2 Å². The van der Waals surface area contributed by atoms with Crippen LogP contribution < -0.4 is 0 Å². The molecule has 3 nitrogen and oxygen atoms in total. The van der Waals surface area contributed by atoms with E-state index in [1.54, 1.807) is 9.47 Å². The Balaban J connectivity index is 5.90. The van der Waals surface area contributed by atoms with Crippen molar-refractivity contribution in [1.82, 2.24) is 0 Å². The summed E-state index contributed by atoms with van der Waals surface area (Å²) in [5.41, 5.74) is 0. The van der Waals surface area contributed by atoms with Crippen LogP contribution in [0.15, 0.2) is 0 Å². The lowest BCUT2D eigenvalue weighted by Gasteiger charge is -2.36. The summed E-state index contributed by atoms with van der Waals surface area (Å²) in [5, 5.41) is 0. The molecule has 0 heterocycles. The summed E-state index contributed by atoms with van der Waals surface area (Å²) in [6.07, 6.45) is -41.3. The maximum atomic E-state index is 13.1. The molecule has 31 heavy (non-hydrogen) atoms. The van der Waals surface area contributed by atoms with E-state index in [2.05, 4.69) is 4.74 Å². The Morgan fingerprint density at radius 3 is 0.968 bits per heavy atom. The summed E-state index contributed by atoms with van der Waals surface area (Å²) in [4.78, 5) is 0. The average Bonchev–Trinajstić information content (AvgIpc) is 2.41. The SMILES string of the molecule is CC(C)C(F)(F)OC(F)(F)C(F)(F)OC(F)(F)C(F)(F)OC(F)(F)C(F)(F)C(C)(F)F. The van der Waals surface area contributed by atoms with E-state index in [0.29, 0.717) is 13.8 Å². The van der Waals surface area contributed by atoms with Crippen LogP contribution in [0, 0.1) is 5.92 Å². The smallest absolute Gasteiger partial charge is 0.248 e. The van der Waals surface area contributed by atoms with Crippen LogP contribution in [0.1, 0.15) is 20.8 Å². The molecular weight excluding hydrogens is 496 g/mol. The zero-order chi connectivity index (χ0) is 25.7. The second-order valence-electron chi connectivity index (χ2n) is 6.07. The molecule has 0 aromatic heterocycles. The largest absolute Gasteiger partial charge is 0.453 e. The summed E-state index contributed by atoms with van der Waals surface area (Å²) >= 11 is 0. The van der Waals surface area contributed by atoms with Crippen LogP contribution >= 0.6 is 0 Å². The average molecular weight is 506 g/mol. The zero-order valence-electron chi connectivity index (χ0n) is 14.8. The van der Waals surface area contributed by atoms with Crippen molar-refractivity contribution >= 4 is 0 Å². The molecular formula is C12H10F16O3. The van der Waals surface area contributed by atoms with E-state index in [1.165, 1.54) is 0 Å². The molecule has 0 aliphatic rings. The van der Waals surface area contributed by atoms with Crippen LogP contribution in [0.4, 0.5) is 70.2 Å². The number of halogens is 16. The van der Waals surface area contributed by atoms with Gasteiger partial charge < -0.3 is 0 Å². The van der Waals surface area contributed by atoms with Gasteiger partial charge in [-0.3, -0.25) is 0 Å². The van der Waals surface area contributed by atoms with E-state index in [0.717, 1.165) is 0 Å². The van der Waals surface area contributed by atoms with E-state index < -0.39 is 61.3 Å². The van der Waals surface area contributed by atoms with Gasteiger partial charge in [0.15, 0.2) is 0 Å². The maximum absolute atomic E-state index is 13.1. The fourth-order valence-electron chi connectivity index (χ4n) is 1.17. The van der Waals surface area contributed by atoms with Crippen LogP contribution in [-0.2, 0) is 14.2 Å². The lowest BCUT2D eigenvalue weighted by atomic mass is 10.2. The number of hydrogen-bond donors (Lipinski definition) is 0. The van der Waals surface area contributed by atoms with Gasteiger partial charge >= 0.3 is 48.5 Å². The van der Waals surface area contributed by atoms with Gasteiger partial charge in [0.05, 0.1) is 0 Å². The molecule has 0 amide bonds. The minimum atomic E-state index is -7.43. The molecule has 0 fully saturated rings. The van der Waals surface area contributed by atoms with Crippen molar-refractivity contribution in [2.24, 2.45) is 5.92 Å². The van der Waals surface area contributed by atoms with E-state index >= 15 is 0 Å². The van der Waals surface area contributed by atoms with Gasteiger partial charge in [-0.25, -0.2) is 14.2 Å². The Bertz CT molecular complexity index is 624. The van der Waals surface area contributed by atoms with Gasteiger partial charge in [0.25, 0.3) is 0 Å². The molecule has 0 atom stereocenters. The summed E-state index contributed by atoms with van der Waals surface area (Å²) in [7, 11) is 0. The Morgan fingerprint density at radius 2 is 0.710 bits per heavy atom. The molecule has 0 rings (SSSR count). The summed E-state index contributed by atoms with van der Waals surface area (Å²) < 4.78 is 213. The highest BCUT2D eigenvalue weighted by Crippen LogP contribution is 2.53. The summed E-state index contributed by atoms with van der Waals surface area (Å²) in [5.74, 6) is -15.2. The van der Waals surface area contributed by atoms with Gasteiger partial charge in [0.1, 0.15) is 0 Å². The Labute approximate surface area is 161 Å². The van der Waals surface area contributed by atoms with Gasteiger partial charge in [-0.15, -0.1) is 0 Å². The molecule has 0 aromatic rings. The fraction of sp³-hybridized carbons (Fsp3) is 1.00. The van der Waals surface area contributed by atoms with E-state index in [-0.39, 0.29) is 0 Å². The standard InChI is InChI=1S/C12H10F16O3/c1-4(2)6(15,16)29-9(21,22)10(23,24)31-12(27,28)11(25,26)30-8(19,20)7(17,18)5(3,13)14/h4H,1-3H3. The highest BCUT2D eigenvalue weighted by atomic mass is 19.4. The number of hydrogen-bond acceptors (Lipinski definition) is 3. The van der Waals surface area contributed by atoms with Crippen molar-refractivity contribution in [3.05, 3.63) is 0 Å². The third kappa shape index (κ3) is 5.96. The second-order valence-corrected chi connectivity index (χ2v) is 6.07. The first kappa shape index (κ1) is 29.8. The van der Waals surface area contributed by atoms with Gasteiger partial charge in [-0.1, -0.05) is 13.8 Å². The van der Waals surface area contributed by atoms with Crippen molar-refractivity contribution < 1.29 is 84.5 Å². The first-order valence-corrected chi connectivity index (χ1v) is 7.19. The number of rotatable bonds is 11. The van der Waals surface area contributed by atoms with Crippen molar-refractivity contribution in [3.8, 4) is 0 Å². The highest BCUT2D eigenvalue weighted by molar-refractivity contribution is 4.90. The summed E-state index contributed by atoms with van der Waals surface area (Å²) in [6, 6.07) is 0. The topological polar surface area (TPSA) is 27.7 Å². The minimum absolute atomic E-state index is 0.386. The lowest BCUT2D eigenvalue weighted by molar-refractivity contribution is -0.567. The van der Waals surface area contributed by atoms with Gasteiger partial charge in [-0.05, 0) is 0 Å². The van der Waals surface area contributed by atoms with Crippen LogP contribution in [0.2, 0.25) is 0 Å². The van der Waals surface area contributed by atoms with Crippen molar-refractivity contribution in [2.45, 2.75) is 69.3 Å². The molecule has 0 bridgehead atoms. The van der Waals surface area contributed by atoms with Gasteiger partial charge in [0, 0.05) is 12.8 Å². The zero-order valence-corrected chi connectivity index (χ0v) is 14.8. The predicted molar refractivity (Wildman–Crippen MR) is 63.3 cm³/mol. The first-order chi connectivity index (χ1) is 13.1. The van der Waals surface area contributed by atoms with Crippen LogP contribution in [0.25, 0.3) is 0 Å². The van der Waals surface area contributed by atoms with E-state index in [1.807, 2.05) is 0 Å². The second kappa shape index (κ2) is 7.96. The number of ether oxygens (including phenoxy) is 3. The van der Waals surface area contributed by atoms with Gasteiger partial charge in [0.2, 0.25) is 0 Å². The molecule has 0 unspecified atom stereocenters. The quantitative estimate of drug-likeness (QED) is 0.298. The van der Waals surface area contributed by atoms with Gasteiger partial charge in [-0.2, -0.15) is 70.2 Å². The van der Waals surface area contributed by atoms with Crippen molar-refractivity contribution in [1.29, 1.82) is 0 Å². The molecule has 19 heteroatoms. The maximum Gasteiger partial charge on any atom is 0.453 e. The summed E-state index contributed by atoms with van der Waals surface area (Å²) in [6.45, 7) is -0.229. The lowest BCUT2D eigenvalue weighted by Crippen LogP contribution is -2.61. The fourth-order valence-corrected chi connectivity index (χ4v) is 1.17. The number of alkyl halides is 16. The van der Waals surface area contributed by atoms with Crippen molar-refractivity contribution in [3.63, 3.8) is 0 Å². The van der Waals surface area contributed by atoms with Crippen LogP contribution in [0.5, 0.6) is 0 Å². The Hall–Kier alpha value is -1.24. The molecule has 0 aliphatic carbocycles. The van der Waals surface area contributed by atoms with E-state index in [4.69, 9.17) is 0 Å². The third-order valence-corrected chi connectivity index (χ3v) is 3.04. The molecule has 0 aromatic carbocycles. The van der Waals surface area contributed by atoms with Crippen LogP contribution in [-0.4, -0.2) is 48.5 Å². The Kier molecular flexibility index (Phi) is 7.64. The van der Waals surface area contributed by atoms with Crippen molar-refractivity contribution in [2.75, 3.05) is 0 Å². The molecule has 0 aliphatic heterocycles. The monoisotopic (exact) mass is 506 g/mol. The Morgan fingerprint density at radius 1 is 0.452 bits per heavy atom. The molecule has 188 valence electrons. The minimum Gasteiger partial charge on any atom is -0.248 e. The predicted octanol–water partition coefficient (Wildman–Crippen LogP) is 6.54. The third-order valence-electron chi connectivity index (χ3n) is 3.04. The molecule has 0 N–H and O–H groups in total.